The lowest BCUT2D eigenvalue weighted by molar-refractivity contribution is -0.138. The minimum Gasteiger partial charge on any atom is -0.480 e. The maximum absolute atomic E-state index is 10.5. The van der Waals surface area contributed by atoms with Gasteiger partial charge in [-0.1, -0.05) is 0 Å². The Morgan fingerprint density at radius 1 is 1.80 bits per heavy atom. The van der Waals surface area contributed by atoms with Crippen LogP contribution in [0.1, 0.15) is 6.42 Å². The topological polar surface area (TPSA) is 80.4 Å². The summed E-state index contributed by atoms with van der Waals surface area (Å²) >= 11 is 0. The predicted octanol–water partition coefficient (Wildman–Crippen LogP) is -0.0221. The molecule has 4 nitrogen and oxygen atoms in total. The van der Waals surface area contributed by atoms with Crippen LogP contribution in [0.4, 0.5) is 0 Å². The van der Waals surface area contributed by atoms with E-state index in [9.17, 15) is 9.36 Å². The Morgan fingerprint density at radius 2 is 2.30 bits per heavy atom. The van der Waals surface area contributed by atoms with Crippen LogP contribution in [-0.2, 0) is 9.36 Å². The first-order chi connectivity index (χ1) is 4.54. The number of nitrogens with two attached hydrogens (primary N) is 1. The van der Waals surface area contributed by atoms with Crippen molar-refractivity contribution in [2.75, 3.05) is 12.8 Å². The van der Waals surface area contributed by atoms with E-state index < -0.39 is 19.8 Å². The zero-order valence-corrected chi connectivity index (χ0v) is 6.83. The molecule has 10 heavy (non-hydrogen) atoms. The van der Waals surface area contributed by atoms with Gasteiger partial charge in [0.2, 0.25) is 0 Å². The van der Waals surface area contributed by atoms with Crippen molar-refractivity contribution in [1.82, 2.24) is 0 Å². The molecule has 0 aromatic heterocycles. The van der Waals surface area contributed by atoms with Gasteiger partial charge in [0, 0.05) is 6.16 Å². The SMILES string of the molecule is C[PH](=O)CCC(N)C(=O)O. The molecule has 0 aliphatic heterocycles. The molecule has 2 unspecified atom stereocenters. The average Bonchev–Trinajstić information content (AvgIpc) is 1.82. The fraction of sp³-hybridized carbons (Fsp3) is 0.800. The number of carbonyl (C=O) groups is 1. The van der Waals surface area contributed by atoms with Crippen molar-refractivity contribution in [2.24, 2.45) is 5.73 Å². The molecule has 0 fully saturated rings. The Kier molecular flexibility index (Phi) is 4.32. The highest BCUT2D eigenvalue weighted by Gasteiger charge is 2.10. The molecule has 60 valence electrons. The van der Waals surface area contributed by atoms with Gasteiger partial charge in [0.25, 0.3) is 0 Å². The summed E-state index contributed by atoms with van der Waals surface area (Å²) in [6.07, 6.45) is 0.738. The molecular formula is C5H12NO3P. The molecule has 5 heteroatoms. The molecule has 0 aliphatic rings. The van der Waals surface area contributed by atoms with Crippen molar-refractivity contribution < 1.29 is 14.5 Å². The highest BCUT2D eigenvalue weighted by atomic mass is 31.1. The summed E-state index contributed by atoms with van der Waals surface area (Å²) in [4.78, 5) is 10.1. The average molecular weight is 165 g/mol. The molecule has 0 heterocycles. The van der Waals surface area contributed by atoms with Gasteiger partial charge < -0.3 is 15.4 Å². The van der Waals surface area contributed by atoms with Crippen LogP contribution < -0.4 is 5.73 Å². The lowest BCUT2D eigenvalue weighted by atomic mass is 10.2. The monoisotopic (exact) mass is 165 g/mol. The van der Waals surface area contributed by atoms with E-state index in [1.807, 2.05) is 0 Å². The van der Waals surface area contributed by atoms with Gasteiger partial charge in [0.15, 0.2) is 0 Å². The summed E-state index contributed by atoms with van der Waals surface area (Å²) in [5.41, 5.74) is 5.14. The largest absolute Gasteiger partial charge is 0.480 e. The van der Waals surface area contributed by atoms with Gasteiger partial charge in [0.05, 0.1) is 7.80 Å². The van der Waals surface area contributed by atoms with Gasteiger partial charge >= 0.3 is 5.97 Å². The van der Waals surface area contributed by atoms with Gasteiger partial charge in [-0.2, -0.15) is 0 Å². The first-order valence-corrected chi connectivity index (χ1v) is 5.13. The summed E-state index contributed by atoms with van der Waals surface area (Å²) in [7, 11) is -1.56. The highest BCUT2D eigenvalue weighted by Crippen LogP contribution is 2.14. The predicted molar refractivity (Wildman–Crippen MR) is 40.0 cm³/mol. The van der Waals surface area contributed by atoms with Crippen molar-refractivity contribution >= 4 is 13.8 Å². The quantitative estimate of drug-likeness (QED) is 0.573. The Hall–Kier alpha value is -0.340. The van der Waals surface area contributed by atoms with E-state index in [2.05, 4.69) is 0 Å². The van der Waals surface area contributed by atoms with Crippen LogP contribution in [0.3, 0.4) is 0 Å². The van der Waals surface area contributed by atoms with Crippen molar-refractivity contribution in [1.29, 1.82) is 0 Å². The zero-order valence-electron chi connectivity index (χ0n) is 5.83. The molecule has 0 amide bonds. The number of rotatable bonds is 4. The summed E-state index contributed by atoms with van der Waals surface area (Å²) in [5.74, 6) is -1.02. The van der Waals surface area contributed by atoms with Crippen LogP contribution in [0.15, 0.2) is 0 Å². The van der Waals surface area contributed by atoms with Crippen LogP contribution in [0.25, 0.3) is 0 Å². The third kappa shape index (κ3) is 4.53. The Bertz CT molecular complexity index is 148. The molecule has 0 saturated heterocycles. The van der Waals surface area contributed by atoms with E-state index in [0.29, 0.717) is 12.6 Å². The van der Waals surface area contributed by atoms with Gasteiger partial charge in [0.1, 0.15) is 6.04 Å². The zero-order chi connectivity index (χ0) is 8.15. The second-order valence-electron chi connectivity index (χ2n) is 2.19. The summed E-state index contributed by atoms with van der Waals surface area (Å²) in [5, 5.41) is 8.28. The molecule has 0 aromatic carbocycles. The number of carboxylic acids is 1. The number of aliphatic carboxylic acids is 1. The molecule has 0 aromatic rings. The summed E-state index contributed by atoms with van der Waals surface area (Å²) in [6.45, 7) is 1.60. The van der Waals surface area contributed by atoms with Crippen molar-refractivity contribution in [3.05, 3.63) is 0 Å². The fourth-order valence-corrected chi connectivity index (χ4v) is 1.20. The standard InChI is InChI=1S/C5H12NO3P/c1-10(9)3-2-4(6)5(7)8/h4,10H,2-3,6H2,1H3,(H,7,8). The van der Waals surface area contributed by atoms with Gasteiger partial charge in [-0.15, -0.1) is 0 Å². The third-order valence-electron chi connectivity index (χ3n) is 1.12. The normalized spacial score (nSPS) is 16.2. The summed E-state index contributed by atoms with van der Waals surface area (Å²) in [6, 6.07) is -0.853. The van der Waals surface area contributed by atoms with Crippen molar-refractivity contribution in [3.8, 4) is 0 Å². The number of hydrogen-bond donors (Lipinski definition) is 2. The van der Waals surface area contributed by atoms with Crippen LogP contribution in [0, 0.1) is 0 Å². The maximum Gasteiger partial charge on any atom is 0.320 e. The van der Waals surface area contributed by atoms with Gasteiger partial charge in [-0.25, -0.2) is 0 Å². The molecule has 3 N–H and O–H groups in total. The third-order valence-corrected chi connectivity index (χ3v) is 2.12. The molecule has 0 radical (unpaired) electrons. The Balaban J connectivity index is 3.49. The van der Waals surface area contributed by atoms with E-state index in [0.717, 1.165) is 0 Å². The lowest BCUT2D eigenvalue weighted by Gasteiger charge is -2.02. The van der Waals surface area contributed by atoms with Crippen molar-refractivity contribution in [3.63, 3.8) is 0 Å². The maximum atomic E-state index is 10.5. The molecule has 0 bridgehead atoms. The smallest absolute Gasteiger partial charge is 0.320 e. The number of carboxylic acid groups (broad SMARTS) is 1. The second kappa shape index (κ2) is 4.47. The van der Waals surface area contributed by atoms with E-state index in [4.69, 9.17) is 10.8 Å². The fourth-order valence-electron chi connectivity index (χ4n) is 0.482. The minimum atomic E-state index is -1.56. The van der Waals surface area contributed by atoms with Crippen LogP contribution in [-0.4, -0.2) is 29.9 Å². The molecule has 0 aliphatic carbocycles. The molecular weight excluding hydrogens is 153 g/mol. The molecule has 2 atom stereocenters. The van der Waals surface area contributed by atoms with Gasteiger partial charge in [-0.3, -0.25) is 4.79 Å². The molecule has 0 spiro atoms. The van der Waals surface area contributed by atoms with Crippen LogP contribution in [0.5, 0.6) is 0 Å². The van der Waals surface area contributed by atoms with E-state index in [-0.39, 0.29) is 0 Å². The van der Waals surface area contributed by atoms with Crippen LogP contribution in [0.2, 0.25) is 0 Å². The minimum absolute atomic E-state index is 0.309. The molecule has 0 rings (SSSR count). The Morgan fingerprint density at radius 3 is 2.60 bits per heavy atom. The first kappa shape index (κ1) is 9.66. The Labute approximate surface area is 60.2 Å². The molecule has 0 saturated carbocycles. The second-order valence-corrected chi connectivity index (χ2v) is 4.09. The highest BCUT2D eigenvalue weighted by molar-refractivity contribution is 7.43. The van der Waals surface area contributed by atoms with E-state index in [1.165, 1.54) is 0 Å². The summed E-state index contributed by atoms with van der Waals surface area (Å²) < 4.78 is 10.5. The van der Waals surface area contributed by atoms with Crippen LogP contribution >= 0.6 is 7.80 Å². The van der Waals surface area contributed by atoms with Crippen molar-refractivity contribution in [2.45, 2.75) is 12.5 Å². The van der Waals surface area contributed by atoms with Gasteiger partial charge in [-0.05, 0) is 13.1 Å². The number of hydrogen-bond acceptors (Lipinski definition) is 3. The van der Waals surface area contributed by atoms with E-state index in [1.54, 1.807) is 6.66 Å². The first-order valence-electron chi connectivity index (χ1n) is 3.02. The lowest BCUT2D eigenvalue weighted by Crippen LogP contribution is -2.30. The van der Waals surface area contributed by atoms with E-state index >= 15 is 0 Å².